The van der Waals surface area contributed by atoms with Gasteiger partial charge in [0.2, 0.25) is 0 Å². The van der Waals surface area contributed by atoms with Gasteiger partial charge in [0.05, 0.1) is 0 Å². The molecule has 2 unspecified atom stereocenters. The molecule has 0 aromatic carbocycles. The summed E-state index contributed by atoms with van der Waals surface area (Å²) in [5.41, 5.74) is 1.25. The Morgan fingerprint density at radius 2 is 1.95 bits per heavy atom. The van der Waals surface area contributed by atoms with Crippen molar-refractivity contribution in [3.63, 3.8) is 0 Å². The van der Waals surface area contributed by atoms with Crippen molar-refractivity contribution in [3.05, 3.63) is 17.8 Å². The van der Waals surface area contributed by atoms with E-state index in [1.165, 1.54) is 44.8 Å². The molecule has 21 heavy (non-hydrogen) atoms. The quantitative estimate of drug-likeness (QED) is 0.916. The molecule has 4 heteroatoms. The van der Waals surface area contributed by atoms with Crippen molar-refractivity contribution in [2.45, 2.75) is 58.8 Å². The lowest BCUT2D eigenvalue weighted by Gasteiger charge is -2.65. The van der Waals surface area contributed by atoms with Crippen molar-refractivity contribution in [3.8, 4) is 0 Å². The Morgan fingerprint density at radius 3 is 2.48 bits per heavy atom. The Hall–Kier alpha value is -1.32. The van der Waals surface area contributed by atoms with Gasteiger partial charge in [-0.2, -0.15) is 0 Å². The zero-order valence-corrected chi connectivity index (χ0v) is 12.8. The molecule has 4 saturated carbocycles. The first-order valence-electron chi connectivity index (χ1n) is 7.97. The van der Waals surface area contributed by atoms with E-state index < -0.39 is 5.97 Å². The molecule has 0 spiro atoms. The van der Waals surface area contributed by atoms with Crippen LogP contribution in [0, 0.1) is 22.2 Å². The fourth-order valence-electron chi connectivity index (χ4n) is 6.69. The minimum atomic E-state index is -1.01. The van der Waals surface area contributed by atoms with Gasteiger partial charge in [0, 0.05) is 6.42 Å². The molecule has 4 bridgehead atoms. The Balaban J connectivity index is 1.63. The van der Waals surface area contributed by atoms with Crippen molar-refractivity contribution >= 4 is 5.97 Å². The minimum absolute atomic E-state index is 0.0344. The van der Waals surface area contributed by atoms with Gasteiger partial charge in [0.15, 0.2) is 11.6 Å². The summed E-state index contributed by atoms with van der Waals surface area (Å²) in [6.45, 7) is 4.89. The summed E-state index contributed by atoms with van der Waals surface area (Å²) in [6.07, 6.45) is 9.94. The van der Waals surface area contributed by atoms with Crippen LogP contribution >= 0.6 is 0 Å². The molecule has 1 heterocycles. The second kappa shape index (κ2) is 3.90. The molecule has 0 saturated heterocycles. The number of oxazole rings is 1. The normalized spacial score (nSPS) is 44.2. The number of carboxylic acids is 1. The molecule has 4 aliphatic carbocycles. The summed E-state index contributed by atoms with van der Waals surface area (Å²) in [6, 6.07) is 0. The summed E-state index contributed by atoms with van der Waals surface area (Å²) in [5.74, 6) is 0.446. The topological polar surface area (TPSA) is 63.3 Å². The summed E-state index contributed by atoms with van der Waals surface area (Å²) in [4.78, 5) is 15.1. The van der Waals surface area contributed by atoms with Crippen LogP contribution in [0.1, 0.15) is 68.8 Å². The zero-order chi connectivity index (χ0) is 14.9. The van der Waals surface area contributed by atoms with Crippen LogP contribution in [0.2, 0.25) is 0 Å². The van der Waals surface area contributed by atoms with E-state index in [1.54, 1.807) is 0 Å². The number of carbonyl (C=O) groups is 1. The number of hydrogen-bond acceptors (Lipinski definition) is 3. The second-order valence-corrected chi connectivity index (χ2v) is 8.74. The molecule has 4 nitrogen and oxygen atoms in total. The Bertz CT molecular complexity index is 587. The molecular weight excluding hydrogens is 266 g/mol. The average Bonchev–Trinajstić information content (AvgIpc) is 2.71. The predicted octanol–water partition coefficient (Wildman–Crippen LogP) is 3.91. The Kier molecular flexibility index (Phi) is 2.48. The zero-order valence-electron chi connectivity index (χ0n) is 12.8. The Morgan fingerprint density at radius 1 is 1.29 bits per heavy atom. The fourth-order valence-corrected chi connectivity index (χ4v) is 6.69. The molecule has 0 amide bonds. The van der Waals surface area contributed by atoms with Gasteiger partial charge in [-0.25, -0.2) is 9.78 Å². The summed E-state index contributed by atoms with van der Waals surface area (Å²) >= 11 is 0. The lowest BCUT2D eigenvalue weighted by atomic mass is 9.40. The maximum absolute atomic E-state index is 11.0. The van der Waals surface area contributed by atoms with E-state index in [9.17, 15) is 4.79 Å². The van der Waals surface area contributed by atoms with Gasteiger partial charge in [-0.15, -0.1) is 0 Å². The number of aromatic nitrogens is 1. The van der Waals surface area contributed by atoms with Crippen LogP contribution in [0.5, 0.6) is 0 Å². The largest absolute Gasteiger partial charge is 0.476 e. The molecule has 5 rings (SSSR count). The standard InChI is InChI=1S/C17H23NO3/c1-15-3-11-4-16(2,8-15)10-17(5-11,9-15)6-13-18-12(7-21-13)14(19)20/h7,11H,3-6,8-10H2,1-2H3,(H,19,20). The second-order valence-electron chi connectivity index (χ2n) is 8.74. The van der Waals surface area contributed by atoms with Crippen LogP contribution in [0.25, 0.3) is 0 Å². The van der Waals surface area contributed by atoms with Gasteiger partial charge in [-0.3, -0.25) is 0 Å². The van der Waals surface area contributed by atoms with Gasteiger partial charge < -0.3 is 9.52 Å². The average molecular weight is 289 g/mol. The molecule has 1 aromatic rings. The van der Waals surface area contributed by atoms with Crippen molar-refractivity contribution in [2.75, 3.05) is 0 Å². The number of hydrogen-bond donors (Lipinski definition) is 1. The predicted molar refractivity (Wildman–Crippen MR) is 77.0 cm³/mol. The highest BCUT2D eigenvalue weighted by molar-refractivity contribution is 5.84. The third kappa shape index (κ3) is 2.11. The van der Waals surface area contributed by atoms with E-state index in [-0.39, 0.29) is 11.1 Å². The first-order chi connectivity index (χ1) is 9.79. The molecule has 4 fully saturated rings. The number of aromatic carboxylic acids is 1. The smallest absolute Gasteiger partial charge is 0.357 e. The summed E-state index contributed by atoms with van der Waals surface area (Å²) in [5, 5.41) is 8.99. The number of carboxylic acid groups (broad SMARTS) is 1. The van der Waals surface area contributed by atoms with Gasteiger partial charge in [-0.05, 0) is 60.7 Å². The van der Waals surface area contributed by atoms with Crippen LogP contribution < -0.4 is 0 Å². The highest BCUT2D eigenvalue weighted by atomic mass is 16.4. The van der Waals surface area contributed by atoms with Crippen molar-refractivity contribution in [2.24, 2.45) is 22.2 Å². The molecule has 114 valence electrons. The first kappa shape index (κ1) is 13.4. The number of nitrogens with zero attached hydrogens (tertiary/aromatic N) is 1. The van der Waals surface area contributed by atoms with Crippen molar-refractivity contribution in [1.29, 1.82) is 0 Å². The van der Waals surface area contributed by atoms with Gasteiger partial charge >= 0.3 is 5.97 Å². The third-order valence-corrected chi connectivity index (χ3v) is 6.04. The van der Waals surface area contributed by atoms with E-state index in [1.807, 2.05) is 0 Å². The molecular formula is C17H23NO3. The van der Waals surface area contributed by atoms with Crippen LogP contribution in [-0.4, -0.2) is 16.1 Å². The number of rotatable bonds is 3. The lowest BCUT2D eigenvalue weighted by molar-refractivity contribution is -0.145. The van der Waals surface area contributed by atoms with Crippen LogP contribution in [-0.2, 0) is 6.42 Å². The minimum Gasteiger partial charge on any atom is -0.476 e. The van der Waals surface area contributed by atoms with E-state index in [2.05, 4.69) is 18.8 Å². The van der Waals surface area contributed by atoms with Crippen LogP contribution in [0.4, 0.5) is 0 Å². The van der Waals surface area contributed by atoms with Gasteiger partial charge in [0.25, 0.3) is 0 Å². The van der Waals surface area contributed by atoms with E-state index in [0.29, 0.717) is 16.7 Å². The van der Waals surface area contributed by atoms with Crippen molar-refractivity contribution in [1.82, 2.24) is 4.98 Å². The van der Waals surface area contributed by atoms with E-state index in [0.717, 1.165) is 12.3 Å². The molecule has 1 aromatic heterocycles. The summed E-state index contributed by atoms with van der Waals surface area (Å²) in [7, 11) is 0. The summed E-state index contributed by atoms with van der Waals surface area (Å²) < 4.78 is 5.44. The maximum Gasteiger partial charge on any atom is 0.357 e. The highest BCUT2D eigenvalue weighted by Crippen LogP contribution is 2.70. The highest BCUT2D eigenvalue weighted by Gasteiger charge is 2.60. The van der Waals surface area contributed by atoms with Crippen molar-refractivity contribution < 1.29 is 14.3 Å². The van der Waals surface area contributed by atoms with Crippen LogP contribution in [0.3, 0.4) is 0 Å². The van der Waals surface area contributed by atoms with E-state index >= 15 is 0 Å². The van der Waals surface area contributed by atoms with Crippen LogP contribution in [0.15, 0.2) is 10.7 Å². The molecule has 0 radical (unpaired) electrons. The lowest BCUT2D eigenvalue weighted by Crippen LogP contribution is -2.55. The molecule has 2 atom stereocenters. The third-order valence-electron chi connectivity index (χ3n) is 6.04. The first-order valence-corrected chi connectivity index (χ1v) is 7.97. The van der Waals surface area contributed by atoms with Gasteiger partial charge in [-0.1, -0.05) is 13.8 Å². The fraction of sp³-hybridized carbons (Fsp3) is 0.765. The van der Waals surface area contributed by atoms with E-state index in [4.69, 9.17) is 9.52 Å². The monoisotopic (exact) mass is 289 g/mol. The molecule has 1 N–H and O–H groups in total. The molecule has 0 aliphatic heterocycles. The SMILES string of the molecule is CC12CC3CC(C)(C1)CC(Cc1nc(C(=O)O)co1)(C3)C2. The maximum atomic E-state index is 11.0. The van der Waals surface area contributed by atoms with Gasteiger partial charge in [0.1, 0.15) is 6.26 Å². The molecule has 4 aliphatic rings. The Labute approximate surface area is 124 Å².